The van der Waals surface area contributed by atoms with Gasteiger partial charge in [0.2, 0.25) is 5.91 Å². The van der Waals surface area contributed by atoms with Crippen LogP contribution in [0.2, 0.25) is 0 Å². The Kier molecular flexibility index (Phi) is 9.22. The van der Waals surface area contributed by atoms with Crippen LogP contribution in [-0.2, 0) is 9.53 Å². The first-order chi connectivity index (χ1) is 14.0. The van der Waals surface area contributed by atoms with Gasteiger partial charge in [0.1, 0.15) is 5.75 Å². The Morgan fingerprint density at radius 3 is 2.38 bits per heavy atom. The van der Waals surface area contributed by atoms with E-state index in [2.05, 4.69) is 18.3 Å². The van der Waals surface area contributed by atoms with Crippen LogP contribution in [0.3, 0.4) is 0 Å². The van der Waals surface area contributed by atoms with E-state index in [1.54, 1.807) is 24.3 Å². The molecule has 0 atom stereocenters. The first-order valence-electron chi connectivity index (χ1n) is 10.3. The smallest absolute Gasteiger partial charge is 0.338 e. The molecule has 29 heavy (non-hydrogen) atoms. The second-order valence-corrected chi connectivity index (χ2v) is 7.19. The molecule has 0 saturated carbocycles. The van der Waals surface area contributed by atoms with Gasteiger partial charge < -0.3 is 14.8 Å². The summed E-state index contributed by atoms with van der Waals surface area (Å²) in [7, 11) is 0. The second-order valence-electron chi connectivity index (χ2n) is 7.19. The lowest BCUT2D eigenvalue weighted by molar-refractivity contribution is -0.116. The molecule has 156 valence electrons. The minimum absolute atomic E-state index is 0.0795. The van der Waals surface area contributed by atoms with Crippen molar-refractivity contribution in [3.05, 3.63) is 59.2 Å². The molecule has 5 nitrogen and oxygen atoms in total. The van der Waals surface area contributed by atoms with Crippen molar-refractivity contribution in [3.8, 4) is 5.75 Å². The molecule has 0 bridgehead atoms. The number of esters is 1. The van der Waals surface area contributed by atoms with E-state index in [4.69, 9.17) is 9.47 Å². The van der Waals surface area contributed by atoms with Crippen molar-refractivity contribution in [1.82, 2.24) is 0 Å². The van der Waals surface area contributed by atoms with Crippen LogP contribution >= 0.6 is 0 Å². The Bertz CT molecular complexity index is 799. The molecule has 1 N–H and O–H groups in total. The normalized spacial score (nSPS) is 10.4. The lowest BCUT2D eigenvalue weighted by Gasteiger charge is -2.10. The van der Waals surface area contributed by atoms with Gasteiger partial charge in [-0.3, -0.25) is 4.79 Å². The minimum Gasteiger partial charge on any atom is -0.493 e. The molecule has 2 aromatic rings. The van der Waals surface area contributed by atoms with Gasteiger partial charge >= 0.3 is 5.97 Å². The van der Waals surface area contributed by atoms with E-state index in [1.165, 1.54) is 5.56 Å². The highest BCUT2D eigenvalue weighted by Crippen LogP contribution is 2.19. The zero-order valence-corrected chi connectivity index (χ0v) is 17.6. The number of unbranched alkanes of at least 4 members (excludes halogenated alkanes) is 2. The Morgan fingerprint density at radius 1 is 0.931 bits per heavy atom. The third-order valence-corrected chi connectivity index (χ3v) is 4.52. The van der Waals surface area contributed by atoms with Gasteiger partial charge in [-0.05, 0) is 62.6 Å². The van der Waals surface area contributed by atoms with Crippen LogP contribution in [0, 0.1) is 13.8 Å². The maximum absolute atomic E-state index is 12.1. The summed E-state index contributed by atoms with van der Waals surface area (Å²) in [6.07, 6.45) is 4.01. The van der Waals surface area contributed by atoms with Crippen LogP contribution in [0.1, 0.15) is 60.5 Å². The molecule has 0 fully saturated rings. The third-order valence-electron chi connectivity index (χ3n) is 4.52. The van der Waals surface area contributed by atoms with Crippen LogP contribution in [-0.4, -0.2) is 25.1 Å². The van der Waals surface area contributed by atoms with Crippen LogP contribution in [0.5, 0.6) is 5.75 Å². The van der Waals surface area contributed by atoms with Crippen molar-refractivity contribution in [2.45, 2.75) is 52.9 Å². The summed E-state index contributed by atoms with van der Waals surface area (Å²) in [5.41, 5.74) is 3.44. The minimum atomic E-state index is -0.331. The number of benzene rings is 2. The highest BCUT2D eigenvalue weighted by atomic mass is 16.5. The van der Waals surface area contributed by atoms with Crippen molar-refractivity contribution in [3.63, 3.8) is 0 Å². The quantitative estimate of drug-likeness (QED) is 0.405. The highest BCUT2D eigenvalue weighted by molar-refractivity contribution is 5.93. The predicted molar refractivity (Wildman–Crippen MR) is 116 cm³/mol. The molecule has 0 spiro atoms. The summed E-state index contributed by atoms with van der Waals surface area (Å²) in [6.45, 7) is 7.09. The highest BCUT2D eigenvalue weighted by Gasteiger charge is 2.08. The zero-order valence-electron chi connectivity index (χ0n) is 17.6. The topological polar surface area (TPSA) is 64.6 Å². The van der Waals surface area contributed by atoms with E-state index in [1.807, 2.05) is 26.0 Å². The monoisotopic (exact) mass is 397 g/mol. The largest absolute Gasteiger partial charge is 0.493 e. The number of amides is 1. The zero-order chi connectivity index (χ0) is 21.1. The summed E-state index contributed by atoms with van der Waals surface area (Å²) in [5, 5.41) is 2.84. The second kappa shape index (κ2) is 11.9. The van der Waals surface area contributed by atoms with Crippen LogP contribution in [0.15, 0.2) is 42.5 Å². The van der Waals surface area contributed by atoms with Crippen LogP contribution in [0.25, 0.3) is 0 Å². The van der Waals surface area contributed by atoms with Gasteiger partial charge in [0, 0.05) is 12.1 Å². The van der Waals surface area contributed by atoms with Crippen molar-refractivity contribution in [2.75, 3.05) is 18.5 Å². The number of hydrogen-bond acceptors (Lipinski definition) is 4. The number of carbonyl (C=O) groups excluding carboxylic acids is 2. The summed E-state index contributed by atoms with van der Waals surface area (Å²) >= 11 is 0. The summed E-state index contributed by atoms with van der Waals surface area (Å²) in [6, 6.07) is 12.8. The molecule has 1 amide bonds. The van der Waals surface area contributed by atoms with Gasteiger partial charge in [0.25, 0.3) is 0 Å². The molecule has 0 aliphatic carbocycles. The van der Waals surface area contributed by atoms with Crippen LogP contribution < -0.4 is 10.1 Å². The summed E-state index contributed by atoms with van der Waals surface area (Å²) in [4.78, 5) is 24.1. The summed E-state index contributed by atoms with van der Waals surface area (Å²) in [5.74, 6) is 0.444. The van der Waals surface area contributed by atoms with E-state index in [-0.39, 0.29) is 11.9 Å². The first kappa shape index (κ1) is 22.5. The molecule has 2 aromatic carbocycles. The maximum Gasteiger partial charge on any atom is 0.338 e. The molecular formula is C24H31NO4. The number of nitrogens with one attached hydrogen (secondary N) is 1. The third kappa shape index (κ3) is 7.98. The number of anilines is 1. The van der Waals surface area contributed by atoms with E-state index in [0.717, 1.165) is 30.6 Å². The number of aryl methyl sites for hydroxylation is 2. The van der Waals surface area contributed by atoms with E-state index in [0.29, 0.717) is 37.3 Å². The van der Waals surface area contributed by atoms with Crippen molar-refractivity contribution in [2.24, 2.45) is 0 Å². The van der Waals surface area contributed by atoms with Crippen molar-refractivity contribution >= 4 is 17.6 Å². The van der Waals surface area contributed by atoms with Crippen LogP contribution in [0.4, 0.5) is 5.69 Å². The molecule has 0 aromatic heterocycles. The summed E-state index contributed by atoms with van der Waals surface area (Å²) < 4.78 is 11.0. The van der Waals surface area contributed by atoms with Gasteiger partial charge in [0.05, 0.1) is 18.8 Å². The van der Waals surface area contributed by atoms with Gasteiger partial charge in [-0.2, -0.15) is 0 Å². The van der Waals surface area contributed by atoms with E-state index < -0.39 is 0 Å². The fourth-order valence-corrected chi connectivity index (χ4v) is 2.89. The fraction of sp³-hybridized carbons (Fsp3) is 0.417. The first-order valence-corrected chi connectivity index (χ1v) is 10.3. The molecular weight excluding hydrogens is 366 g/mol. The molecule has 0 saturated heterocycles. The Balaban J connectivity index is 1.70. The predicted octanol–water partition coefficient (Wildman–Crippen LogP) is 5.45. The average Bonchev–Trinajstić information content (AvgIpc) is 2.70. The van der Waals surface area contributed by atoms with E-state index in [9.17, 15) is 9.59 Å². The van der Waals surface area contributed by atoms with Gasteiger partial charge in [-0.15, -0.1) is 0 Å². The Hall–Kier alpha value is -2.82. The lowest BCUT2D eigenvalue weighted by atomic mass is 10.1. The van der Waals surface area contributed by atoms with E-state index >= 15 is 0 Å². The molecule has 2 rings (SSSR count). The molecule has 0 heterocycles. The molecule has 0 unspecified atom stereocenters. The number of ether oxygens (including phenoxy) is 2. The number of hydrogen-bond donors (Lipinski definition) is 1. The Morgan fingerprint density at radius 2 is 1.69 bits per heavy atom. The van der Waals surface area contributed by atoms with Gasteiger partial charge in [-0.1, -0.05) is 37.5 Å². The standard InChI is InChI=1S/C24H31NO4/c1-4-5-6-15-29-24(27)20-10-12-21(13-11-20)25-23(26)8-7-16-28-22-14-9-18(2)17-19(22)3/h9-14,17H,4-8,15-16H2,1-3H3,(H,25,26). The maximum atomic E-state index is 12.1. The fourth-order valence-electron chi connectivity index (χ4n) is 2.89. The molecule has 0 aliphatic heterocycles. The Labute approximate surface area is 173 Å². The van der Waals surface area contributed by atoms with Crippen molar-refractivity contribution < 1.29 is 19.1 Å². The molecule has 0 radical (unpaired) electrons. The molecule has 5 heteroatoms. The molecule has 0 aliphatic rings. The van der Waals surface area contributed by atoms with Crippen molar-refractivity contribution in [1.29, 1.82) is 0 Å². The number of rotatable bonds is 11. The lowest BCUT2D eigenvalue weighted by Crippen LogP contribution is -2.13. The van der Waals surface area contributed by atoms with Gasteiger partial charge in [0.15, 0.2) is 0 Å². The average molecular weight is 398 g/mol. The number of carbonyl (C=O) groups is 2. The van der Waals surface area contributed by atoms with Gasteiger partial charge in [-0.25, -0.2) is 4.79 Å². The SMILES string of the molecule is CCCCCOC(=O)c1ccc(NC(=O)CCCOc2ccc(C)cc2C)cc1.